The van der Waals surface area contributed by atoms with Crippen LogP contribution in [0.2, 0.25) is 0 Å². The number of alkyl halides is 1. The van der Waals surface area contributed by atoms with Crippen LogP contribution in [0.4, 0.5) is 10.2 Å². The lowest BCUT2D eigenvalue weighted by Gasteiger charge is -2.26. The van der Waals surface area contributed by atoms with E-state index in [0.717, 1.165) is 61.3 Å². The van der Waals surface area contributed by atoms with Gasteiger partial charge in [0.1, 0.15) is 18.0 Å². The molecule has 0 aliphatic carbocycles. The molecule has 42 heavy (non-hydrogen) atoms. The third-order valence-corrected chi connectivity index (χ3v) is 7.41. The van der Waals surface area contributed by atoms with Gasteiger partial charge in [-0.15, -0.1) is 0 Å². The fraction of sp³-hybridized carbons (Fsp3) is 0.484. The lowest BCUT2D eigenvalue weighted by atomic mass is 10.1. The summed E-state index contributed by atoms with van der Waals surface area (Å²) in [6, 6.07) is 10.1. The number of pyridine rings is 1. The van der Waals surface area contributed by atoms with E-state index < -0.39 is 24.1 Å². The van der Waals surface area contributed by atoms with E-state index >= 15 is 0 Å². The minimum absolute atomic E-state index is 0.0328. The summed E-state index contributed by atoms with van der Waals surface area (Å²) in [5.41, 5.74) is 4.30. The molecule has 3 aromatic rings. The highest BCUT2D eigenvalue weighted by Crippen LogP contribution is 2.21. The Hall–Kier alpha value is -3.83. The first-order valence-electron chi connectivity index (χ1n) is 14.5. The molecule has 0 spiro atoms. The Morgan fingerprint density at radius 3 is 2.83 bits per heavy atom. The van der Waals surface area contributed by atoms with Gasteiger partial charge in [0.15, 0.2) is 0 Å². The molecule has 0 bridgehead atoms. The van der Waals surface area contributed by atoms with E-state index in [1.165, 1.54) is 12.7 Å². The van der Waals surface area contributed by atoms with Crippen molar-refractivity contribution in [3.05, 3.63) is 65.6 Å². The van der Waals surface area contributed by atoms with Crippen LogP contribution in [0.1, 0.15) is 47.3 Å². The Bertz CT molecular complexity index is 1330. The zero-order valence-corrected chi connectivity index (χ0v) is 24.4. The molecule has 0 saturated heterocycles. The predicted molar refractivity (Wildman–Crippen MR) is 159 cm³/mol. The fourth-order valence-corrected chi connectivity index (χ4v) is 5.18. The number of aromatic nitrogens is 3. The van der Waals surface area contributed by atoms with Crippen molar-refractivity contribution in [1.29, 1.82) is 0 Å². The number of fused-ring (bicyclic) bond motifs is 1. The third kappa shape index (κ3) is 9.09. The number of rotatable bonds is 16. The van der Waals surface area contributed by atoms with E-state index in [1.807, 2.05) is 24.2 Å². The second kappa shape index (κ2) is 15.4. The van der Waals surface area contributed by atoms with E-state index in [1.54, 1.807) is 29.1 Å². The van der Waals surface area contributed by atoms with Crippen molar-refractivity contribution in [2.45, 2.75) is 50.7 Å². The highest BCUT2D eigenvalue weighted by molar-refractivity contribution is 5.97. The Morgan fingerprint density at radius 1 is 1.21 bits per heavy atom. The van der Waals surface area contributed by atoms with Crippen LogP contribution in [0.5, 0.6) is 0 Å². The van der Waals surface area contributed by atoms with E-state index in [9.17, 15) is 19.1 Å². The van der Waals surface area contributed by atoms with Crippen molar-refractivity contribution >= 4 is 17.7 Å². The number of hydrogen-bond donors (Lipinski definition) is 3. The Kier molecular flexibility index (Phi) is 11.4. The molecule has 0 fully saturated rings. The molecule has 2 unspecified atom stereocenters. The summed E-state index contributed by atoms with van der Waals surface area (Å²) >= 11 is 0. The number of ether oxygens (including phenoxy) is 1. The summed E-state index contributed by atoms with van der Waals surface area (Å²) in [5, 5.41) is 20.0. The summed E-state index contributed by atoms with van der Waals surface area (Å²) in [6.07, 6.45) is 7.14. The zero-order chi connectivity index (χ0) is 29.9. The van der Waals surface area contributed by atoms with E-state index in [2.05, 4.69) is 27.9 Å². The standard InChI is InChI=1S/C31H41FN6O4/c1-37-19-25(18-34-37)23-7-5-8-24(17-23)30(39)36-28(31(40)41)13-16-38(20-26(32)21-42-2)15-4-3-10-27-12-11-22-9-6-14-33-29(22)35-27/h5,7-8,11-12,17-19,26,28H,3-4,6,9-10,13-16,20-21H2,1-2H3,(H,33,35)(H,36,39)(H,40,41). The van der Waals surface area contributed by atoms with E-state index in [0.29, 0.717) is 18.7 Å². The maximum Gasteiger partial charge on any atom is 0.326 e. The molecule has 2 aromatic heterocycles. The minimum Gasteiger partial charge on any atom is -0.480 e. The van der Waals surface area contributed by atoms with E-state index in [4.69, 9.17) is 9.72 Å². The average molecular weight is 581 g/mol. The molecule has 11 heteroatoms. The number of benzene rings is 1. The molecular weight excluding hydrogens is 539 g/mol. The summed E-state index contributed by atoms with van der Waals surface area (Å²) in [5.74, 6) is -0.632. The highest BCUT2D eigenvalue weighted by atomic mass is 19.1. The number of aryl methyl sites for hydroxylation is 3. The number of nitrogens with one attached hydrogen (secondary N) is 2. The van der Waals surface area contributed by atoms with Gasteiger partial charge in [-0.25, -0.2) is 14.2 Å². The lowest BCUT2D eigenvalue weighted by molar-refractivity contribution is -0.139. The molecule has 226 valence electrons. The Balaban J connectivity index is 1.31. The molecule has 3 heterocycles. The molecule has 1 aliphatic rings. The van der Waals surface area contributed by atoms with Gasteiger partial charge >= 0.3 is 5.97 Å². The summed E-state index contributed by atoms with van der Waals surface area (Å²) in [7, 11) is 3.27. The van der Waals surface area contributed by atoms with Crippen LogP contribution in [0, 0.1) is 0 Å². The molecule has 3 N–H and O–H groups in total. The Labute approximate surface area is 246 Å². The molecular formula is C31H41FN6O4. The van der Waals surface area contributed by atoms with Crippen molar-refractivity contribution in [3.63, 3.8) is 0 Å². The number of amides is 1. The number of carboxylic acids is 1. The number of carbonyl (C=O) groups is 2. The minimum atomic E-state index is -1.20. The molecule has 1 aromatic carbocycles. The first-order chi connectivity index (χ1) is 20.3. The number of nitrogens with zero attached hydrogens (tertiary/aromatic N) is 4. The predicted octanol–water partition coefficient (Wildman–Crippen LogP) is 3.72. The smallest absolute Gasteiger partial charge is 0.326 e. The molecule has 1 aliphatic heterocycles. The normalized spacial score (nSPS) is 14.2. The van der Waals surface area contributed by atoms with Crippen LogP contribution in [0.3, 0.4) is 0 Å². The monoisotopic (exact) mass is 580 g/mol. The summed E-state index contributed by atoms with van der Waals surface area (Å²) in [4.78, 5) is 31.7. The maximum atomic E-state index is 14.5. The number of halogens is 1. The molecule has 0 saturated carbocycles. The van der Waals surface area contributed by atoms with Crippen LogP contribution in [0.15, 0.2) is 48.8 Å². The highest BCUT2D eigenvalue weighted by Gasteiger charge is 2.23. The molecule has 0 radical (unpaired) electrons. The molecule has 10 nitrogen and oxygen atoms in total. The number of carbonyl (C=O) groups excluding carboxylic acids is 1. The van der Waals surface area contributed by atoms with Crippen LogP contribution in [-0.2, 0) is 29.4 Å². The van der Waals surface area contributed by atoms with E-state index in [-0.39, 0.29) is 19.6 Å². The van der Waals surface area contributed by atoms with Crippen LogP contribution in [0.25, 0.3) is 11.1 Å². The largest absolute Gasteiger partial charge is 0.480 e. The van der Waals surface area contributed by atoms with Gasteiger partial charge in [-0.3, -0.25) is 9.48 Å². The number of hydrogen-bond acceptors (Lipinski definition) is 7. The SMILES string of the molecule is COCC(F)CN(CCCCc1ccc2c(n1)NCCC2)CCC(NC(=O)c1cccc(-c2cnn(C)c2)c1)C(=O)O. The first kappa shape index (κ1) is 31.1. The Morgan fingerprint density at radius 2 is 2.07 bits per heavy atom. The van der Waals surface area contributed by atoms with Gasteiger partial charge in [0.05, 0.1) is 12.8 Å². The molecule has 1 amide bonds. The summed E-state index contributed by atoms with van der Waals surface area (Å²) < 4.78 is 21.1. The van der Waals surface area contributed by atoms with Crippen molar-refractivity contribution in [2.75, 3.05) is 45.2 Å². The van der Waals surface area contributed by atoms with Gasteiger partial charge in [0.2, 0.25) is 0 Å². The number of unbranched alkanes of at least 4 members (excludes halogenated alkanes) is 1. The average Bonchev–Trinajstić information content (AvgIpc) is 3.43. The third-order valence-electron chi connectivity index (χ3n) is 7.41. The van der Waals surface area contributed by atoms with Crippen molar-refractivity contribution < 1.29 is 23.8 Å². The molecule has 4 rings (SSSR count). The van der Waals surface area contributed by atoms with Gasteiger partial charge in [-0.05, 0) is 74.4 Å². The number of carboxylic acid groups (broad SMARTS) is 1. The van der Waals surface area contributed by atoms with Gasteiger partial charge in [0, 0.05) is 56.8 Å². The number of methoxy groups -OCH3 is 1. The first-order valence-corrected chi connectivity index (χ1v) is 14.5. The van der Waals surface area contributed by atoms with Gasteiger partial charge in [-0.1, -0.05) is 18.2 Å². The number of anilines is 1. The topological polar surface area (TPSA) is 122 Å². The molecule has 2 atom stereocenters. The zero-order valence-electron chi connectivity index (χ0n) is 24.4. The van der Waals surface area contributed by atoms with Crippen molar-refractivity contribution in [3.8, 4) is 11.1 Å². The lowest BCUT2D eigenvalue weighted by Crippen LogP contribution is -2.44. The van der Waals surface area contributed by atoms with Crippen LogP contribution < -0.4 is 10.6 Å². The number of aliphatic carboxylic acids is 1. The quantitative estimate of drug-likeness (QED) is 0.219. The van der Waals surface area contributed by atoms with Crippen LogP contribution >= 0.6 is 0 Å². The second-order valence-electron chi connectivity index (χ2n) is 10.8. The van der Waals surface area contributed by atoms with Crippen LogP contribution in [-0.4, -0.2) is 88.8 Å². The van der Waals surface area contributed by atoms with Gasteiger partial charge in [0.25, 0.3) is 5.91 Å². The second-order valence-corrected chi connectivity index (χ2v) is 10.8. The van der Waals surface area contributed by atoms with Crippen molar-refractivity contribution in [2.24, 2.45) is 7.05 Å². The fourth-order valence-electron chi connectivity index (χ4n) is 5.18. The maximum absolute atomic E-state index is 14.5. The van der Waals surface area contributed by atoms with Gasteiger partial charge < -0.3 is 25.4 Å². The summed E-state index contributed by atoms with van der Waals surface area (Å²) in [6.45, 7) is 1.95. The van der Waals surface area contributed by atoms with Crippen molar-refractivity contribution in [1.82, 2.24) is 25.0 Å². The van der Waals surface area contributed by atoms with Gasteiger partial charge in [-0.2, -0.15) is 5.10 Å².